The van der Waals surface area contributed by atoms with E-state index in [1.54, 1.807) is 16.0 Å². The molecule has 1 saturated heterocycles. The maximum Gasteiger partial charge on any atom is 0.414 e. The van der Waals surface area contributed by atoms with E-state index in [0.29, 0.717) is 31.0 Å². The third-order valence-electron chi connectivity index (χ3n) is 4.36. The fourth-order valence-electron chi connectivity index (χ4n) is 2.91. The Kier molecular flexibility index (Phi) is 6.43. The number of carbonyl (C=O) groups excluding carboxylic acids is 1. The van der Waals surface area contributed by atoms with Gasteiger partial charge in [0.15, 0.2) is 0 Å². The summed E-state index contributed by atoms with van der Waals surface area (Å²) in [5.41, 5.74) is 0.615. The number of halogens is 3. The molecule has 1 atom stereocenters. The molecule has 1 aromatic carbocycles. The number of ether oxygens (including phenoxy) is 1. The number of benzene rings is 1. The zero-order chi connectivity index (χ0) is 21.0. The van der Waals surface area contributed by atoms with Gasteiger partial charge in [-0.25, -0.2) is 18.0 Å². The number of anilines is 2. The Morgan fingerprint density at radius 2 is 2.24 bits per heavy atom. The van der Waals surface area contributed by atoms with Crippen molar-refractivity contribution in [1.82, 2.24) is 10.3 Å². The van der Waals surface area contributed by atoms with Crippen LogP contribution in [0.5, 0.6) is 0 Å². The molecular weight excluding hydrogens is 407 g/mol. The van der Waals surface area contributed by atoms with Gasteiger partial charge in [-0.1, -0.05) is 18.1 Å². The molecule has 0 spiro atoms. The second-order valence-electron chi connectivity index (χ2n) is 6.31. The molecule has 2 aliphatic heterocycles. The fraction of sp³-hybridized carbons (Fsp3) is 0.389. The van der Waals surface area contributed by atoms with Crippen LogP contribution in [0.25, 0.3) is 0 Å². The number of nitrogens with one attached hydrogen (secondary N) is 1. The van der Waals surface area contributed by atoms with Crippen molar-refractivity contribution < 1.29 is 22.7 Å². The molecule has 0 aromatic heterocycles. The molecule has 0 radical (unpaired) electrons. The Balaban J connectivity index is 1.64. The topological polar surface area (TPSA) is 60.4 Å². The number of hydrazone groups is 1. The van der Waals surface area contributed by atoms with E-state index in [-0.39, 0.29) is 13.1 Å². The van der Waals surface area contributed by atoms with Crippen LogP contribution in [-0.2, 0) is 4.74 Å². The molecule has 11 heteroatoms. The normalized spacial score (nSPS) is 18.8. The molecule has 3 rings (SSSR count). The minimum absolute atomic E-state index is 0.0512. The highest BCUT2D eigenvalue weighted by Crippen LogP contribution is 2.28. The lowest BCUT2D eigenvalue weighted by atomic mass is 10.2. The molecule has 0 bridgehead atoms. The van der Waals surface area contributed by atoms with Crippen LogP contribution in [-0.4, -0.2) is 67.7 Å². The van der Waals surface area contributed by atoms with E-state index >= 15 is 0 Å². The van der Waals surface area contributed by atoms with Gasteiger partial charge in [-0.15, -0.1) is 6.42 Å². The predicted molar refractivity (Wildman–Crippen MR) is 107 cm³/mol. The number of nitrogens with zero attached hydrogens (tertiary/aromatic N) is 4. The Morgan fingerprint density at radius 1 is 1.45 bits per heavy atom. The van der Waals surface area contributed by atoms with Crippen LogP contribution in [0.15, 0.2) is 23.3 Å². The zero-order valence-corrected chi connectivity index (χ0v) is 16.0. The molecule has 1 amide bonds. The van der Waals surface area contributed by atoms with Gasteiger partial charge in [0.1, 0.15) is 23.2 Å². The third kappa shape index (κ3) is 4.89. The van der Waals surface area contributed by atoms with Crippen LogP contribution in [0.4, 0.5) is 29.3 Å². The zero-order valence-electron chi connectivity index (χ0n) is 15.2. The van der Waals surface area contributed by atoms with Crippen molar-refractivity contribution in [3.63, 3.8) is 0 Å². The average Bonchev–Trinajstić information content (AvgIpc) is 3.07. The highest BCUT2D eigenvalue weighted by molar-refractivity contribution is 7.80. The van der Waals surface area contributed by atoms with E-state index in [4.69, 9.17) is 11.2 Å². The molecule has 7 nitrogen and oxygen atoms in total. The van der Waals surface area contributed by atoms with Crippen molar-refractivity contribution in [2.24, 2.45) is 5.10 Å². The number of cyclic esters (lactones) is 1. The first-order chi connectivity index (χ1) is 13.9. The molecule has 1 fully saturated rings. The van der Waals surface area contributed by atoms with Crippen molar-refractivity contribution in [1.29, 1.82) is 0 Å². The van der Waals surface area contributed by atoms with E-state index in [2.05, 4.69) is 28.6 Å². The number of carbonyl (C=O) groups is 1. The Hall–Kier alpha value is -3.00. The van der Waals surface area contributed by atoms with Crippen LogP contribution in [0.1, 0.15) is 0 Å². The first-order valence-corrected chi connectivity index (χ1v) is 9.12. The maximum atomic E-state index is 14.7. The number of rotatable bonds is 6. The minimum Gasteiger partial charge on any atom is -0.442 e. The van der Waals surface area contributed by atoms with Gasteiger partial charge in [0.05, 0.1) is 37.6 Å². The van der Waals surface area contributed by atoms with Crippen LogP contribution < -0.4 is 15.1 Å². The molecule has 2 heterocycles. The van der Waals surface area contributed by atoms with Crippen molar-refractivity contribution in [3.05, 3.63) is 24.0 Å². The molecule has 1 N–H and O–H groups in total. The van der Waals surface area contributed by atoms with Crippen molar-refractivity contribution in [2.75, 3.05) is 42.5 Å². The molecule has 0 aliphatic carbocycles. The van der Waals surface area contributed by atoms with Gasteiger partial charge in [0, 0.05) is 6.54 Å². The summed E-state index contributed by atoms with van der Waals surface area (Å²) >= 11 is 4.49. The first-order valence-electron chi connectivity index (χ1n) is 8.71. The average molecular weight is 425 g/mol. The lowest BCUT2D eigenvalue weighted by molar-refractivity contribution is 0.142. The molecule has 154 valence electrons. The summed E-state index contributed by atoms with van der Waals surface area (Å²) in [7, 11) is 0. The van der Waals surface area contributed by atoms with Gasteiger partial charge in [0.25, 0.3) is 6.43 Å². The molecule has 1 unspecified atom stereocenters. The Bertz CT molecular complexity index is 860. The van der Waals surface area contributed by atoms with Gasteiger partial charge in [0.2, 0.25) is 0 Å². The summed E-state index contributed by atoms with van der Waals surface area (Å²) in [6.45, 7) is 1.47. The van der Waals surface area contributed by atoms with Crippen LogP contribution >= 0.6 is 12.2 Å². The third-order valence-corrected chi connectivity index (χ3v) is 4.68. The molecule has 0 saturated carbocycles. The second kappa shape index (κ2) is 9.00. The van der Waals surface area contributed by atoms with Gasteiger partial charge in [-0.2, -0.15) is 5.10 Å². The first kappa shape index (κ1) is 20.7. The smallest absolute Gasteiger partial charge is 0.414 e. The highest BCUT2D eigenvalue weighted by atomic mass is 32.1. The van der Waals surface area contributed by atoms with E-state index < -0.39 is 29.4 Å². The van der Waals surface area contributed by atoms with Gasteiger partial charge < -0.3 is 15.0 Å². The van der Waals surface area contributed by atoms with Crippen LogP contribution in [0, 0.1) is 18.2 Å². The predicted octanol–water partition coefficient (Wildman–Crippen LogP) is 2.03. The monoisotopic (exact) mass is 425 g/mol. The standard InChI is InChI=1S/C18H18F3N5O2S/c1-2-5-25-7-6-24(11-23-25)15-4-3-12(8-14(15)19)26-10-13(28-18(26)27)9-22-17(29)16(20)21/h1,3-4,8,11,13,16H,5-7,9-10H2,(H,22,29). The molecule has 2 aliphatic rings. The quantitative estimate of drug-likeness (QED) is 0.556. The van der Waals surface area contributed by atoms with E-state index in [0.717, 1.165) is 0 Å². The van der Waals surface area contributed by atoms with E-state index in [1.807, 2.05) is 0 Å². The highest BCUT2D eigenvalue weighted by Gasteiger charge is 2.33. The lowest BCUT2D eigenvalue weighted by Crippen LogP contribution is -2.38. The van der Waals surface area contributed by atoms with E-state index in [1.165, 1.54) is 23.4 Å². The number of thiocarbonyl (C=S) groups is 1. The Morgan fingerprint density at radius 3 is 2.86 bits per heavy atom. The second-order valence-corrected chi connectivity index (χ2v) is 6.75. The van der Waals surface area contributed by atoms with Crippen molar-refractivity contribution in [3.8, 4) is 12.3 Å². The summed E-state index contributed by atoms with van der Waals surface area (Å²) in [6, 6.07) is 4.34. The number of alkyl halides is 2. The van der Waals surface area contributed by atoms with Gasteiger partial charge in [-0.05, 0) is 18.2 Å². The van der Waals surface area contributed by atoms with Gasteiger partial charge in [-0.3, -0.25) is 9.91 Å². The SMILES string of the molecule is C#CCN1CCN(c2ccc(N3CC(CNC(=S)C(F)F)OC3=O)cc2F)C=N1. The van der Waals surface area contributed by atoms with E-state index in [9.17, 15) is 18.0 Å². The van der Waals surface area contributed by atoms with Crippen molar-refractivity contribution >= 4 is 41.0 Å². The summed E-state index contributed by atoms with van der Waals surface area (Å²) in [6.07, 6.45) is 2.60. The number of hydrogen-bond donors (Lipinski definition) is 1. The molecule has 1 aromatic rings. The number of terminal acetylenes is 1. The maximum absolute atomic E-state index is 14.7. The number of amides is 1. The van der Waals surface area contributed by atoms with Crippen molar-refractivity contribution in [2.45, 2.75) is 12.5 Å². The van der Waals surface area contributed by atoms with Gasteiger partial charge >= 0.3 is 6.09 Å². The minimum atomic E-state index is -2.78. The molecular formula is C18H18F3N5O2S. The Labute approximate surface area is 171 Å². The largest absolute Gasteiger partial charge is 0.442 e. The fourth-order valence-corrected chi connectivity index (χ4v) is 2.99. The summed E-state index contributed by atoms with van der Waals surface area (Å²) < 4.78 is 44.6. The summed E-state index contributed by atoms with van der Waals surface area (Å²) in [5, 5.41) is 8.21. The summed E-state index contributed by atoms with van der Waals surface area (Å²) in [4.78, 5) is 14.4. The van der Waals surface area contributed by atoms with Crippen LogP contribution in [0.2, 0.25) is 0 Å². The van der Waals surface area contributed by atoms with Crippen LogP contribution in [0.3, 0.4) is 0 Å². The lowest BCUT2D eigenvalue weighted by Gasteiger charge is -2.29. The number of hydrogen-bond acceptors (Lipinski definition) is 6. The molecule has 29 heavy (non-hydrogen) atoms. The summed E-state index contributed by atoms with van der Waals surface area (Å²) in [5.74, 6) is 1.96.